The van der Waals surface area contributed by atoms with Crippen molar-refractivity contribution in [3.05, 3.63) is 224 Å². The zero-order valence-electron chi connectivity index (χ0n) is 34.5. The quantitative estimate of drug-likeness (QED) is 0.161. The summed E-state index contributed by atoms with van der Waals surface area (Å²) in [6.07, 6.45) is 0. The number of para-hydroxylation sites is 4. The highest BCUT2D eigenvalue weighted by Crippen LogP contribution is 2.40. The molecule has 9 aromatic carbocycles. The van der Waals surface area contributed by atoms with Crippen LogP contribution in [0.5, 0.6) is 0 Å². The lowest BCUT2D eigenvalue weighted by Crippen LogP contribution is -2.02. The third kappa shape index (κ3) is 6.14. The van der Waals surface area contributed by atoms with E-state index in [1.807, 2.05) is 66.7 Å². The first-order chi connectivity index (χ1) is 31.7. The van der Waals surface area contributed by atoms with Crippen molar-refractivity contribution in [2.45, 2.75) is 0 Å². The Labute approximate surface area is 369 Å². The van der Waals surface area contributed by atoms with E-state index in [1.54, 1.807) is 0 Å². The Morgan fingerprint density at radius 2 is 0.656 bits per heavy atom. The van der Waals surface area contributed by atoms with Crippen LogP contribution in [0.15, 0.2) is 218 Å². The van der Waals surface area contributed by atoms with E-state index in [-0.39, 0.29) is 0 Å². The Bertz CT molecular complexity index is 3600. The third-order valence-corrected chi connectivity index (χ3v) is 12.3. The number of nitriles is 1. The highest BCUT2D eigenvalue weighted by Gasteiger charge is 2.21. The van der Waals surface area contributed by atoms with Gasteiger partial charge in [-0.25, -0.2) is 15.0 Å². The van der Waals surface area contributed by atoms with Gasteiger partial charge in [0, 0.05) is 49.6 Å². The molecule has 12 rings (SSSR count). The molecular formula is C58H36N6. The van der Waals surface area contributed by atoms with Crippen LogP contribution in [-0.2, 0) is 0 Å². The minimum atomic E-state index is 0.431. The smallest absolute Gasteiger partial charge is 0.165 e. The van der Waals surface area contributed by atoms with Crippen LogP contribution in [0.25, 0.3) is 111 Å². The molecule has 64 heavy (non-hydrogen) atoms. The SMILES string of the molecule is N#Cc1cc(-c2ccc(-n3c4ccccc4c4ccccc43)cc2)c(-c2ccc(-n3c4ccccc4c4ccccc43)cc2)cc1-c1nc(-c2ccccc2)nc(-c2ccccc2)n1. The van der Waals surface area contributed by atoms with Crippen LogP contribution >= 0.6 is 0 Å². The Balaban J connectivity index is 1.05. The maximum Gasteiger partial charge on any atom is 0.165 e. The fourth-order valence-corrected chi connectivity index (χ4v) is 9.27. The van der Waals surface area contributed by atoms with E-state index in [2.05, 4.69) is 167 Å². The van der Waals surface area contributed by atoms with Crippen molar-refractivity contribution in [3.63, 3.8) is 0 Å². The predicted molar refractivity (Wildman–Crippen MR) is 260 cm³/mol. The van der Waals surface area contributed by atoms with E-state index in [4.69, 9.17) is 15.0 Å². The van der Waals surface area contributed by atoms with Gasteiger partial charge < -0.3 is 9.13 Å². The lowest BCUT2D eigenvalue weighted by atomic mass is 9.89. The van der Waals surface area contributed by atoms with E-state index in [0.29, 0.717) is 28.6 Å². The molecule has 0 bridgehead atoms. The van der Waals surface area contributed by atoms with Crippen LogP contribution in [0.3, 0.4) is 0 Å². The van der Waals surface area contributed by atoms with Gasteiger partial charge in [-0.2, -0.15) is 5.26 Å². The Morgan fingerprint density at radius 1 is 0.312 bits per heavy atom. The highest BCUT2D eigenvalue weighted by molar-refractivity contribution is 6.10. The number of hydrogen-bond acceptors (Lipinski definition) is 4. The lowest BCUT2D eigenvalue weighted by Gasteiger charge is -2.17. The van der Waals surface area contributed by atoms with Gasteiger partial charge in [0.1, 0.15) is 0 Å². The second-order valence-corrected chi connectivity index (χ2v) is 15.9. The molecule has 6 heteroatoms. The number of rotatable bonds is 7. The van der Waals surface area contributed by atoms with Crippen LogP contribution in [0.1, 0.15) is 5.56 Å². The molecule has 0 fully saturated rings. The van der Waals surface area contributed by atoms with E-state index >= 15 is 0 Å². The molecule has 0 atom stereocenters. The summed E-state index contributed by atoms with van der Waals surface area (Å²) >= 11 is 0. The minimum absolute atomic E-state index is 0.431. The van der Waals surface area contributed by atoms with Gasteiger partial charge in [0.15, 0.2) is 17.5 Å². The van der Waals surface area contributed by atoms with Crippen LogP contribution in [-0.4, -0.2) is 24.1 Å². The zero-order valence-corrected chi connectivity index (χ0v) is 34.5. The van der Waals surface area contributed by atoms with Crippen molar-refractivity contribution in [2.75, 3.05) is 0 Å². The topological polar surface area (TPSA) is 72.3 Å². The largest absolute Gasteiger partial charge is 0.309 e. The molecule has 3 aromatic heterocycles. The van der Waals surface area contributed by atoms with Crippen molar-refractivity contribution in [1.29, 1.82) is 5.26 Å². The zero-order chi connectivity index (χ0) is 42.6. The summed E-state index contributed by atoms with van der Waals surface area (Å²) in [4.78, 5) is 15.1. The molecule has 12 aromatic rings. The number of hydrogen-bond donors (Lipinski definition) is 0. The number of benzene rings is 9. The monoisotopic (exact) mass is 816 g/mol. The van der Waals surface area contributed by atoms with Gasteiger partial charge in [0.2, 0.25) is 0 Å². The summed E-state index contributed by atoms with van der Waals surface area (Å²) in [5.74, 6) is 1.51. The first-order valence-electron chi connectivity index (χ1n) is 21.3. The van der Waals surface area contributed by atoms with Crippen LogP contribution in [0.4, 0.5) is 0 Å². The fourth-order valence-electron chi connectivity index (χ4n) is 9.27. The van der Waals surface area contributed by atoms with Gasteiger partial charge in [-0.1, -0.05) is 158 Å². The van der Waals surface area contributed by atoms with Crippen LogP contribution < -0.4 is 0 Å². The number of nitrogens with zero attached hydrogens (tertiary/aromatic N) is 6. The summed E-state index contributed by atoms with van der Waals surface area (Å²) < 4.78 is 4.65. The van der Waals surface area contributed by atoms with Crippen molar-refractivity contribution in [3.8, 4) is 73.9 Å². The van der Waals surface area contributed by atoms with Crippen molar-refractivity contribution >= 4 is 43.6 Å². The molecule has 0 unspecified atom stereocenters. The van der Waals surface area contributed by atoms with E-state index < -0.39 is 0 Å². The van der Waals surface area contributed by atoms with E-state index in [0.717, 1.165) is 66.8 Å². The molecule has 3 heterocycles. The molecule has 0 spiro atoms. The van der Waals surface area contributed by atoms with Crippen molar-refractivity contribution < 1.29 is 0 Å². The molecule has 0 aliphatic carbocycles. The molecule has 0 aliphatic heterocycles. The van der Waals surface area contributed by atoms with E-state index in [1.165, 1.54) is 21.5 Å². The summed E-state index contributed by atoms with van der Waals surface area (Å²) in [6.45, 7) is 0. The molecule has 0 aliphatic rings. The van der Waals surface area contributed by atoms with E-state index in [9.17, 15) is 5.26 Å². The standard InChI is InChI=1S/C58H36N6/c59-37-42-35-49(38-27-31-43(32-28-38)63-52-23-11-7-19-45(52)46-20-8-12-24-53(46)63)50(39-29-33-44(34-30-39)64-54-25-13-9-21-47(54)48-22-10-14-26-55(48)64)36-51(42)58-61-56(40-15-3-1-4-16-40)60-57(62-58)41-17-5-2-6-18-41/h1-36H. The average molecular weight is 817 g/mol. The van der Waals surface area contributed by atoms with Gasteiger partial charge in [-0.15, -0.1) is 0 Å². The molecule has 6 nitrogen and oxygen atoms in total. The molecule has 0 radical (unpaired) electrons. The van der Waals surface area contributed by atoms with Crippen molar-refractivity contribution in [2.24, 2.45) is 0 Å². The van der Waals surface area contributed by atoms with Gasteiger partial charge in [-0.05, 0) is 82.9 Å². The first-order valence-corrected chi connectivity index (χ1v) is 21.3. The summed E-state index contributed by atoms with van der Waals surface area (Å²) in [5, 5.41) is 15.8. The molecule has 0 saturated heterocycles. The maximum absolute atomic E-state index is 10.9. The molecular weight excluding hydrogens is 781 g/mol. The van der Waals surface area contributed by atoms with Crippen LogP contribution in [0.2, 0.25) is 0 Å². The maximum atomic E-state index is 10.9. The molecule has 0 saturated carbocycles. The average Bonchev–Trinajstić information content (AvgIpc) is 3.90. The van der Waals surface area contributed by atoms with Gasteiger partial charge in [0.05, 0.1) is 33.7 Å². The van der Waals surface area contributed by atoms with Gasteiger partial charge >= 0.3 is 0 Å². The second-order valence-electron chi connectivity index (χ2n) is 15.9. The van der Waals surface area contributed by atoms with Gasteiger partial charge in [-0.3, -0.25) is 0 Å². The number of fused-ring (bicyclic) bond motifs is 6. The Hall–Kier alpha value is -8.92. The van der Waals surface area contributed by atoms with Gasteiger partial charge in [0.25, 0.3) is 0 Å². The number of aromatic nitrogens is 5. The first kappa shape index (κ1) is 36.9. The minimum Gasteiger partial charge on any atom is -0.309 e. The predicted octanol–water partition coefficient (Wildman–Crippen LogP) is 14.3. The normalized spacial score (nSPS) is 11.4. The summed E-state index contributed by atoms with van der Waals surface area (Å²) in [6, 6.07) is 78.1. The van der Waals surface area contributed by atoms with Crippen LogP contribution in [0, 0.1) is 11.3 Å². The molecule has 0 amide bonds. The second kappa shape index (κ2) is 15.2. The lowest BCUT2D eigenvalue weighted by molar-refractivity contribution is 1.07. The molecule has 0 N–H and O–H groups in total. The summed E-state index contributed by atoms with van der Waals surface area (Å²) in [5.41, 5.74) is 13.4. The Kier molecular flexibility index (Phi) is 8.77. The van der Waals surface area contributed by atoms with Crippen molar-refractivity contribution in [1.82, 2.24) is 24.1 Å². The molecule has 298 valence electrons. The highest BCUT2D eigenvalue weighted by atomic mass is 15.0. The third-order valence-electron chi connectivity index (χ3n) is 12.3. The summed E-state index contributed by atoms with van der Waals surface area (Å²) in [7, 11) is 0. The Morgan fingerprint density at radius 3 is 1.05 bits per heavy atom. The fraction of sp³-hybridized carbons (Fsp3) is 0.